The minimum Gasteiger partial charge on any atom is -0.490 e. The average Bonchev–Trinajstić information content (AvgIpc) is 2.34. The van der Waals surface area contributed by atoms with Crippen molar-refractivity contribution in [2.24, 2.45) is 0 Å². The van der Waals surface area contributed by atoms with Gasteiger partial charge in [0.15, 0.2) is 0 Å². The monoisotopic (exact) mass is 257 g/mol. The Balaban J connectivity index is 2.56. The van der Waals surface area contributed by atoms with Crippen LogP contribution in [0.4, 0.5) is 5.82 Å². The van der Waals surface area contributed by atoms with Crippen molar-refractivity contribution in [3.63, 3.8) is 0 Å². The second-order valence-corrected chi connectivity index (χ2v) is 4.79. The molecule has 0 amide bonds. The Kier molecular flexibility index (Phi) is 3.69. The zero-order valence-corrected chi connectivity index (χ0v) is 11.8. The Labute approximate surface area is 113 Å². The van der Waals surface area contributed by atoms with Crippen molar-refractivity contribution in [2.75, 3.05) is 5.73 Å². The number of benzene rings is 1. The van der Waals surface area contributed by atoms with Gasteiger partial charge in [-0.3, -0.25) is 0 Å². The molecule has 1 aromatic carbocycles. The van der Waals surface area contributed by atoms with Gasteiger partial charge in [0.25, 0.3) is 0 Å². The summed E-state index contributed by atoms with van der Waals surface area (Å²) >= 11 is 0. The van der Waals surface area contributed by atoms with Gasteiger partial charge in [0.2, 0.25) is 0 Å². The summed E-state index contributed by atoms with van der Waals surface area (Å²) < 4.78 is 5.80. The van der Waals surface area contributed by atoms with Crippen LogP contribution in [0.1, 0.15) is 25.2 Å². The van der Waals surface area contributed by atoms with Gasteiger partial charge in [0, 0.05) is 5.56 Å². The first-order valence-electron chi connectivity index (χ1n) is 6.35. The molecule has 0 aliphatic rings. The maximum absolute atomic E-state index is 5.99. The molecule has 0 bridgehead atoms. The lowest BCUT2D eigenvalue weighted by molar-refractivity contribution is 0.243. The number of ether oxygens (including phenoxy) is 1. The van der Waals surface area contributed by atoms with Crippen LogP contribution in [0.5, 0.6) is 5.75 Å². The predicted molar refractivity (Wildman–Crippen MR) is 77.1 cm³/mol. The molecule has 0 spiro atoms. The van der Waals surface area contributed by atoms with E-state index in [1.807, 2.05) is 52.0 Å². The minimum absolute atomic E-state index is 0.0990. The molecule has 0 unspecified atom stereocenters. The van der Waals surface area contributed by atoms with E-state index in [2.05, 4.69) is 9.97 Å². The topological polar surface area (TPSA) is 61.0 Å². The second-order valence-electron chi connectivity index (χ2n) is 4.79. The van der Waals surface area contributed by atoms with Crippen LogP contribution in [0.25, 0.3) is 11.3 Å². The van der Waals surface area contributed by atoms with Crippen molar-refractivity contribution in [1.82, 2.24) is 9.97 Å². The third-order valence-electron chi connectivity index (χ3n) is 2.84. The lowest BCUT2D eigenvalue weighted by atomic mass is 10.1. The summed E-state index contributed by atoms with van der Waals surface area (Å²) in [6, 6.07) is 7.75. The fraction of sp³-hybridized carbons (Fsp3) is 0.333. The molecular weight excluding hydrogens is 238 g/mol. The number of aromatic nitrogens is 2. The van der Waals surface area contributed by atoms with E-state index in [9.17, 15) is 0 Å². The van der Waals surface area contributed by atoms with Crippen LogP contribution in [0.2, 0.25) is 0 Å². The van der Waals surface area contributed by atoms with Crippen molar-refractivity contribution in [1.29, 1.82) is 0 Å². The third kappa shape index (κ3) is 2.84. The van der Waals surface area contributed by atoms with Crippen LogP contribution >= 0.6 is 0 Å². The predicted octanol–water partition coefficient (Wildman–Crippen LogP) is 3.13. The molecule has 0 radical (unpaired) electrons. The highest BCUT2D eigenvalue weighted by Crippen LogP contribution is 2.32. The average molecular weight is 257 g/mol. The van der Waals surface area contributed by atoms with Crippen molar-refractivity contribution in [3.8, 4) is 17.0 Å². The van der Waals surface area contributed by atoms with Gasteiger partial charge in [-0.2, -0.15) is 0 Å². The van der Waals surface area contributed by atoms with Gasteiger partial charge >= 0.3 is 0 Å². The highest BCUT2D eigenvalue weighted by atomic mass is 16.5. The lowest BCUT2D eigenvalue weighted by Gasteiger charge is -2.15. The molecule has 2 rings (SSSR count). The Bertz CT molecular complexity index is 594. The van der Waals surface area contributed by atoms with Crippen LogP contribution in [0.3, 0.4) is 0 Å². The van der Waals surface area contributed by atoms with E-state index >= 15 is 0 Å². The molecule has 1 heterocycles. The van der Waals surface area contributed by atoms with Crippen LogP contribution in [-0.4, -0.2) is 16.1 Å². The van der Waals surface area contributed by atoms with Crippen molar-refractivity contribution >= 4 is 5.82 Å². The molecular formula is C15H19N3O. The van der Waals surface area contributed by atoms with Crippen molar-refractivity contribution < 1.29 is 4.74 Å². The minimum atomic E-state index is 0.0990. The van der Waals surface area contributed by atoms with E-state index in [1.165, 1.54) is 0 Å². The summed E-state index contributed by atoms with van der Waals surface area (Å²) in [5.41, 5.74) is 9.28. The molecule has 1 aromatic heterocycles. The largest absolute Gasteiger partial charge is 0.490 e. The molecule has 0 saturated carbocycles. The van der Waals surface area contributed by atoms with Crippen LogP contribution in [0, 0.1) is 13.8 Å². The second kappa shape index (κ2) is 5.26. The molecule has 100 valence electrons. The summed E-state index contributed by atoms with van der Waals surface area (Å²) in [5.74, 6) is 1.21. The number of nitrogens with two attached hydrogens (primary N) is 1. The SMILES string of the molecule is Cc1nc(N)c(-c2ccccc2OC(C)C)nc1C. The number of aryl methyl sites for hydroxylation is 2. The highest BCUT2D eigenvalue weighted by Gasteiger charge is 2.13. The summed E-state index contributed by atoms with van der Waals surface area (Å²) in [6.07, 6.45) is 0.0990. The van der Waals surface area contributed by atoms with Gasteiger partial charge in [-0.1, -0.05) is 12.1 Å². The summed E-state index contributed by atoms with van der Waals surface area (Å²) in [4.78, 5) is 8.87. The Morgan fingerprint density at radius 3 is 2.37 bits per heavy atom. The third-order valence-corrected chi connectivity index (χ3v) is 2.84. The summed E-state index contributed by atoms with van der Waals surface area (Å²) in [7, 11) is 0. The molecule has 4 nitrogen and oxygen atoms in total. The van der Waals surface area contributed by atoms with E-state index in [-0.39, 0.29) is 6.10 Å². The molecule has 0 aliphatic carbocycles. The van der Waals surface area contributed by atoms with E-state index < -0.39 is 0 Å². The van der Waals surface area contributed by atoms with Gasteiger partial charge < -0.3 is 10.5 Å². The fourth-order valence-electron chi connectivity index (χ4n) is 1.84. The van der Waals surface area contributed by atoms with E-state index in [1.54, 1.807) is 0 Å². The maximum Gasteiger partial charge on any atom is 0.150 e. The number of hydrogen-bond donors (Lipinski definition) is 1. The first kappa shape index (κ1) is 13.3. The molecule has 19 heavy (non-hydrogen) atoms. The molecule has 0 aliphatic heterocycles. The standard InChI is InChI=1S/C15H19N3O/c1-9(2)19-13-8-6-5-7-12(13)14-15(16)18-11(4)10(3)17-14/h5-9H,1-4H3,(H2,16,18). The van der Waals surface area contributed by atoms with Gasteiger partial charge in [0.1, 0.15) is 17.3 Å². The van der Waals surface area contributed by atoms with Gasteiger partial charge in [0.05, 0.1) is 17.5 Å². The summed E-state index contributed by atoms with van der Waals surface area (Å²) in [6.45, 7) is 7.81. The Morgan fingerprint density at radius 1 is 1.05 bits per heavy atom. The summed E-state index contributed by atoms with van der Waals surface area (Å²) in [5, 5.41) is 0. The van der Waals surface area contributed by atoms with E-state index in [0.717, 1.165) is 22.7 Å². The maximum atomic E-state index is 5.99. The molecule has 0 saturated heterocycles. The van der Waals surface area contributed by atoms with E-state index in [0.29, 0.717) is 11.5 Å². The van der Waals surface area contributed by atoms with Crippen LogP contribution < -0.4 is 10.5 Å². The molecule has 2 N–H and O–H groups in total. The number of anilines is 1. The first-order chi connectivity index (χ1) is 8.99. The molecule has 0 fully saturated rings. The first-order valence-corrected chi connectivity index (χ1v) is 6.35. The molecule has 0 atom stereocenters. The number of hydrogen-bond acceptors (Lipinski definition) is 4. The van der Waals surface area contributed by atoms with Gasteiger partial charge in [-0.15, -0.1) is 0 Å². The van der Waals surface area contributed by atoms with Crippen molar-refractivity contribution in [2.45, 2.75) is 33.8 Å². The van der Waals surface area contributed by atoms with Crippen LogP contribution in [0.15, 0.2) is 24.3 Å². The normalized spacial score (nSPS) is 10.8. The molecule has 4 heteroatoms. The molecule has 2 aromatic rings. The number of para-hydroxylation sites is 1. The van der Waals surface area contributed by atoms with Gasteiger partial charge in [-0.25, -0.2) is 9.97 Å². The van der Waals surface area contributed by atoms with Crippen molar-refractivity contribution in [3.05, 3.63) is 35.7 Å². The van der Waals surface area contributed by atoms with Crippen LogP contribution in [-0.2, 0) is 0 Å². The van der Waals surface area contributed by atoms with E-state index in [4.69, 9.17) is 10.5 Å². The zero-order chi connectivity index (χ0) is 14.0. The fourth-order valence-corrected chi connectivity index (χ4v) is 1.84. The zero-order valence-electron chi connectivity index (χ0n) is 11.8. The smallest absolute Gasteiger partial charge is 0.150 e. The lowest BCUT2D eigenvalue weighted by Crippen LogP contribution is -2.08. The highest BCUT2D eigenvalue weighted by molar-refractivity contribution is 5.75. The number of nitrogens with zero attached hydrogens (tertiary/aromatic N) is 2. The van der Waals surface area contributed by atoms with Gasteiger partial charge in [-0.05, 0) is 39.8 Å². The Morgan fingerprint density at radius 2 is 1.68 bits per heavy atom. The number of nitrogen functional groups attached to an aromatic ring is 1. The Hall–Kier alpha value is -2.10. The quantitative estimate of drug-likeness (QED) is 0.917. The number of rotatable bonds is 3.